The lowest BCUT2D eigenvalue weighted by atomic mass is 10.0. The predicted molar refractivity (Wildman–Crippen MR) is 106 cm³/mol. The highest BCUT2D eigenvalue weighted by molar-refractivity contribution is 7.13. The van der Waals surface area contributed by atoms with Crippen LogP contribution < -0.4 is 5.32 Å². The highest BCUT2D eigenvalue weighted by Gasteiger charge is 2.21. The smallest absolute Gasteiger partial charge is 0.226 e. The number of rotatable bonds is 6. The zero-order chi connectivity index (χ0) is 18.5. The molecule has 1 aromatic carbocycles. The van der Waals surface area contributed by atoms with E-state index < -0.39 is 0 Å². The maximum absolute atomic E-state index is 12.4. The Morgan fingerprint density at radius 3 is 2.74 bits per heavy atom. The third-order valence-electron chi connectivity index (χ3n) is 4.83. The summed E-state index contributed by atoms with van der Waals surface area (Å²) in [6.45, 7) is 3.01. The Bertz CT molecular complexity index is 853. The molecule has 4 rings (SSSR count). The highest BCUT2D eigenvalue weighted by atomic mass is 32.1. The minimum absolute atomic E-state index is 0.0489. The monoisotopic (exact) mass is 381 g/mol. The molecule has 1 aliphatic heterocycles. The molecule has 3 aromatic rings. The van der Waals surface area contributed by atoms with E-state index in [1.807, 2.05) is 23.6 Å². The quantitative estimate of drug-likeness (QED) is 0.707. The highest BCUT2D eigenvalue weighted by Crippen LogP contribution is 2.24. The molecule has 0 aliphatic carbocycles. The Balaban J connectivity index is 1.23. The van der Waals surface area contributed by atoms with Crippen molar-refractivity contribution in [2.75, 3.05) is 13.1 Å². The van der Waals surface area contributed by atoms with E-state index in [9.17, 15) is 4.79 Å². The minimum Gasteiger partial charge on any atom is -0.462 e. The maximum Gasteiger partial charge on any atom is 0.226 e. The zero-order valence-corrected chi connectivity index (χ0v) is 16.0. The Labute approximate surface area is 163 Å². The molecular weight excluding hydrogens is 358 g/mol. The number of likely N-dealkylation sites (tertiary alicyclic amines) is 1. The van der Waals surface area contributed by atoms with E-state index in [0.717, 1.165) is 48.9 Å². The van der Waals surface area contributed by atoms with Gasteiger partial charge in [-0.2, -0.15) is 0 Å². The average molecular weight is 382 g/mol. The molecule has 3 heterocycles. The molecule has 0 radical (unpaired) electrons. The molecule has 1 saturated heterocycles. The average Bonchev–Trinajstić information content (AvgIpc) is 3.36. The van der Waals surface area contributed by atoms with Crippen LogP contribution in [0.5, 0.6) is 0 Å². The lowest BCUT2D eigenvalue weighted by Crippen LogP contribution is -2.44. The Morgan fingerprint density at radius 1 is 1.19 bits per heavy atom. The van der Waals surface area contributed by atoms with Gasteiger partial charge in [-0.15, -0.1) is 11.3 Å². The summed E-state index contributed by atoms with van der Waals surface area (Å²) in [6.07, 6.45) is 3.94. The fourth-order valence-electron chi connectivity index (χ4n) is 3.42. The number of thiazole rings is 1. The van der Waals surface area contributed by atoms with E-state index in [1.54, 1.807) is 6.26 Å². The number of nitrogens with zero attached hydrogens (tertiary/aromatic N) is 2. The summed E-state index contributed by atoms with van der Waals surface area (Å²) in [5.41, 5.74) is 2.14. The van der Waals surface area contributed by atoms with Gasteiger partial charge in [0.15, 0.2) is 10.8 Å². The van der Waals surface area contributed by atoms with Crippen molar-refractivity contribution in [3.8, 4) is 10.8 Å². The summed E-state index contributed by atoms with van der Waals surface area (Å²) in [6, 6.07) is 14.5. The molecule has 0 spiro atoms. The number of hydrogen-bond donors (Lipinski definition) is 1. The molecule has 27 heavy (non-hydrogen) atoms. The van der Waals surface area contributed by atoms with E-state index in [1.165, 1.54) is 16.9 Å². The van der Waals surface area contributed by atoms with Crippen molar-refractivity contribution in [2.45, 2.75) is 31.8 Å². The topological polar surface area (TPSA) is 58.4 Å². The molecule has 6 heteroatoms. The number of piperidine rings is 1. The van der Waals surface area contributed by atoms with Gasteiger partial charge >= 0.3 is 0 Å². The van der Waals surface area contributed by atoms with Gasteiger partial charge in [0.2, 0.25) is 5.91 Å². The van der Waals surface area contributed by atoms with Crippen molar-refractivity contribution in [1.29, 1.82) is 0 Å². The fourth-order valence-corrected chi connectivity index (χ4v) is 4.21. The number of benzene rings is 1. The van der Waals surface area contributed by atoms with Gasteiger partial charge in [0.05, 0.1) is 18.4 Å². The molecule has 1 aliphatic rings. The van der Waals surface area contributed by atoms with Crippen LogP contribution in [0, 0.1) is 0 Å². The van der Waals surface area contributed by atoms with Crippen LogP contribution in [0.25, 0.3) is 10.8 Å². The summed E-state index contributed by atoms with van der Waals surface area (Å²) in [4.78, 5) is 19.3. The van der Waals surface area contributed by atoms with Gasteiger partial charge in [-0.05, 0) is 30.5 Å². The molecule has 140 valence electrons. The molecule has 0 unspecified atom stereocenters. The summed E-state index contributed by atoms with van der Waals surface area (Å²) < 4.78 is 5.35. The van der Waals surface area contributed by atoms with Crippen molar-refractivity contribution in [3.63, 3.8) is 0 Å². The largest absolute Gasteiger partial charge is 0.462 e. The normalized spacial score (nSPS) is 15.7. The van der Waals surface area contributed by atoms with Gasteiger partial charge in [0.25, 0.3) is 0 Å². The molecule has 1 N–H and O–H groups in total. The molecule has 0 atom stereocenters. The van der Waals surface area contributed by atoms with Gasteiger partial charge in [0.1, 0.15) is 0 Å². The van der Waals surface area contributed by atoms with E-state index in [-0.39, 0.29) is 11.9 Å². The summed E-state index contributed by atoms with van der Waals surface area (Å²) in [7, 11) is 0. The van der Waals surface area contributed by atoms with Crippen LogP contribution in [-0.2, 0) is 17.8 Å². The Hall–Kier alpha value is -2.44. The number of aromatic nitrogens is 1. The van der Waals surface area contributed by atoms with Crippen molar-refractivity contribution in [2.24, 2.45) is 0 Å². The van der Waals surface area contributed by atoms with Gasteiger partial charge in [-0.1, -0.05) is 30.3 Å². The van der Waals surface area contributed by atoms with Gasteiger partial charge in [-0.3, -0.25) is 9.69 Å². The third-order valence-corrected chi connectivity index (χ3v) is 5.73. The minimum atomic E-state index is 0.0489. The molecule has 0 bridgehead atoms. The molecule has 1 amide bonds. The number of hydrogen-bond acceptors (Lipinski definition) is 5. The van der Waals surface area contributed by atoms with Crippen LogP contribution >= 0.6 is 11.3 Å². The number of carbonyl (C=O) groups is 1. The standard InChI is InChI=1S/C21H23N3O2S/c25-20(13-18-15-27-21(23-18)19-7-4-12-26-19)22-17-8-10-24(11-9-17)14-16-5-2-1-3-6-16/h1-7,12,15,17H,8-11,13-14H2,(H,22,25). The van der Waals surface area contributed by atoms with Crippen LogP contribution in [0.4, 0.5) is 0 Å². The number of carbonyl (C=O) groups excluding carboxylic acids is 1. The molecule has 0 saturated carbocycles. The number of furan rings is 1. The second-order valence-corrected chi connectivity index (χ2v) is 7.76. The SMILES string of the molecule is O=C(Cc1csc(-c2ccco2)n1)NC1CCN(Cc2ccccc2)CC1. The van der Waals surface area contributed by atoms with Crippen molar-refractivity contribution < 1.29 is 9.21 Å². The second-order valence-electron chi connectivity index (χ2n) is 6.90. The first-order chi connectivity index (χ1) is 13.3. The predicted octanol–water partition coefficient (Wildman–Crippen LogP) is 3.73. The van der Waals surface area contributed by atoms with Crippen LogP contribution in [-0.4, -0.2) is 34.9 Å². The molecular formula is C21H23N3O2S. The van der Waals surface area contributed by atoms with Crippen molar-refractivity contribution >= 4 is 17.2 Å². The summed E-state index contributed by atoms with van der Waals surface area (Å²) in [5, 5.41) is 5.92. The van der Waals surface area contributed by atoms with Crippen LogP contribution in [0.15, 0.2) is 58.5 Å². The molecule has 5 nitrogen and oxygen atoms in total. The van der Waals surface area contributed by atoms with E-state index in [4.69, 9.17) is 4.42 Å². The first-order valence-corrected chi connectivity index (χ1v) is 10.2. The van der Waals surface area contributed by atoms with Gasteiger partial charge < -0.3 is 9.73 Å². The van der Waals surface area contributed by atoms with Gasteiger partial charge in [0, 0.05) is 31.1 Å². The maximum atomic E-state index is 12.4. The number of nitrogens with one attached hydrogen (secondary N) is 1. The van der Waals surface area contributed by atoms with Crippen LogP contribution in [0.1, 0.15) is 24.1 Å². The summed E-state index contributed by atoms with van der Waals surface area (Å²) in [5.74, 6) is 0.797. The van der Waals surface area contributed by atoms with E-state index >= 15 is 0 Å². The Morgan fingerprint density at radius 2 is 2.00 bits per heavy atom. The third kappa shape index (κ3) is 4.84. The van der Waals surface area contributed by atoms with Crippen LogP contribution in [0.2, 0.25) is 0 Å². The lowest BCUT2D eigenvalue weighted by molar-refractivity contribution is -0.121. The summed E-state index contributed by atoms with van der Waals surface area (Å²) >= 11 is 1.50. The fraction of sp³-hybridized carbons (Fsp3) is 0.333. The Kier molecular flexibility index (Phi) is 5.65. The van der Waals surface area contributed by atoms with Crippen LogP contribution in [0.3, 0.4) is 0 Å². The molecule has 1 fully saturated rings. The van der Waals surface area contributed by atoms with Gasteiger partial charge in [-0.25, -0.2) is 4.98 Å². The first-order valence-electron chi connectivity index (χ1n) is 9.30. The second kappa shape index (κ2) is 8.50. The number of amides is 1. The van der Waals surface area contributed by atoms with E-state index in [0.29, 0.717) is 6.42 Å². The van der Waals surface area contributed by atoms with Crippen molar-refractivity contribution in [3.05, 3.63) is 65.4 Å². The van der Waals surface area contributed by atoms with Crippen molar-refractivity contribution in [1.82, 2.24) is 15.2 Å². The first kappa shape index (κ1) is 17.9. The molecule has 2 aromatic heterocycles. The lowest BCUT2D eigenvalue weighted by Gasteiger charge is -2.32. The zero-order valence-electron chi connectivity index (χ0n) is 15.1. The van der Waals surface area contributed by atoms with E-state index in [2.05, 4.69) is 39.5 Å².